The third kappa shape index (κ3) is 6.29. The maximum Gasteiger partial charge on any atom is 0.433 e. The largest absolute Gasteiger partial charge is 0.433 e. The van der Waals surface area contributed by atoms with E-state index in [1.165, 1.54) is 12.8 Å². The monoisotopic (exact) mass is 330 g/mol. The van der Waals surface area contributed by atoms with Gasteiger partial charge in [0.1, 0.15) is 5.69 Å². The number of aliphatic imine (C=N–C) groups is 1. The highest BCUT2D eigenvalue weighted by molar-refractivity contribution is 5.79. The van der Waals surface area contributed by atoms with Gasteiger partial charge >= 0.3 is 6.18 Å². The summed E-state index contributed by atoms with van der Waals surface area (Å²) in [5.74, 6) is 1.37. The predicted octanol–water partition coefficient (Wildman–Crippen LogP) is 1.87. The minimum absolute atomic E-state index is 0.0402. The van der Waals surface area contributed by atoms with Crippen LogP contribution >= 0.6 is 0 Å². The number of nitrogens with one attached hydrogen (secondary N) is 3. The van der Waals surface area contributed by atoms with Gasteiger partial charge in [0.15, 0.2) is 5.96 Å². The maximum absolute atomic E-state index is 12.5. The molecular formula is C14H21F3N6. The van der Waals surface area contributed by atoms with E-state index in [0.29, 0.717) is 25.0 Å². The number of aromatic nitrogens is 2. The van der Waals surface area contributed by atoms with Crippen LogP contribution in [0.5, 0.6) is 0 Å². The fraction of sp³-hybridized carbons (Fsp3) is 0.643. The van der Waals surface area contributed by atoms with E-state index in [1.807, 2.05) is 6.92 Å². The zero-order chi connectivity index (χ0) is 16.7. The second-order valence-electron chi connectivity index (χ2n) is 5.28. The normalized spacial score (nSPS) is 15.4. The van der Waals surface area contributed by atoms with E-state index < -0.39 is 11.9 Å². The van der Waals surface area contributed by atoms with Crippen LogP contribution in [0.2, 0.25) is 0 Å². The van der Waals surface area contributed by atoms with Crippen molar-refractivity contribution in [2.45, 2.75) is 25.9 Å². The van der Waals surface area contributed by atoms with Crippen molar-refractivity contribution in [1.29, 1.82) is 0 Å². The molecule has 1 aliphatic carbocycles. The summed E-state index contributed by atoms with van der Waals surface area (Å²) in [6, 6.07) is 0.844. The van der Waals surface area contributed by atoms with E-state index >= 15 is 0 Å². The fourth-order valence-corrected chi connectivity index (χ4v) is 1.82. The molecule has 2 rings (SSSR count). The van der Waals surface area contributed by atoms with Gasteiger partial charge in [-0.2, -0.15) is 13.2 Å². The van der Waals surface area contributed by atoms with Crippen molar-refractivity contribution in [3.05, 3.63) is 18.0 Å². The highest BCUT2D eigenvalue weighted by atomic mass is 19.4. The van der Waals surface area contributed by atoms with Gasteiger partial charge in [-0.1, -0.05) is 0 Å². The molecule has 0 radical (unpaired) electrons. The average molecular weight is 330 g/mol. The molecule has 1 heterocycles. The Bertz CT molecular complexity index is 527. The summed E-state index contributed by atoms with van der Waals surface area (Å²) in [6.07, 6.45) is -0.910. The van der Waals surface area contributed by atoms with Crippen LogP contribution in [0.3, 0.4) is 0 Å². The van der Waals surface area contributed by atoms with Gasteiger partial charge in [-0.05, 0) is 31.7 Å². The van der Waals surface area contributed by atoms with Crippen molar-refractivity contribution in [2.75, 3.05) is 31.5 Å². The zero-order valence-electron chi connectivity index (χ0n) is 13.0. The minimum atomic E-state index is -4.47. The smallest absolute Gasteiger partial charge is 0.357 e. The summed E-state index contributed by atoms with van der Waals surface area (Å²) in [7, 11) is 0. The molecule has 0 bridgehead atoms. The third-order valence-corrected chi connectivity index (χ3v) is 3.20. The molecule has 128 valence electrons. The third-order valence-electron chi connectivity index (χ3n) is 3.20. The first-order valence-electron chi connectivity index (χ1n) is 7.65. The first-order chi connectivity index (χ1) is 11.0. The Hall–Kier alpha value is -2.06. The molecule has 1 aromatic heterocycles. The van der Waals surface area contributed by atoms with Crippen LogP contribution in [0.15, 0.2) is 17.3 Å². The molecule has 1 aliphatic rings. The summed E-state index contributed by atoms with van der Waals surface area (Å²) in [5.41, 5.74) is -0.956. The van der Waals surface area contributed by atoms with Gasteiger partial charge in [0, 0.05) is 32.4 Å². The Morgan fingerprint density at radius 1 is 1.30 bits per heavy atom. The van der Waals surface area contributed by atoms with Gasteiger partial charge in [-0.3, -0.25) is 4.99 Å². The van der Waals surface area contributed by atoms with Gasteiger partial charge < -0.3 is 16.0 Å². The number of alkyl halides is 3. The molecule has 3 N–H and O–H groups in total. The highest BCUT2D eigenvalue weighted by Gasteiger charge is 2.32. The van der Waals surface area contributed by atoms with Crippen LogP contribution in [0.25, 0.3) is 0 Å². The molecule has 1 aromatic rings. The second kappa shape index (κ2) is 7.98. The maximum atomic E-state index is 12.5. The van der Waals surface area contributed by atoms with Crippen LogP contribution in [-0.2, 0) is 6.18 Å². The average Bonchev–Trinajstić information content (AvgIpc) is 3.33. The lowest BCUT2D eigenvalue weighted by Crippen LogP contribution is -2.39. The number of guanidine groups is 1. The van der Waals surface area contributed by atoms with E-state index in [-0.39, 0.29) is 5.95 Å². The lowest BCUT2D eigenvalue weighted by atomic mass is 10.4. The molecule has 0 amide bonds. The zero-order valence-corrected chi connectivity index (χ0v) is 13.0. The van der Waals surface area contributed by atoms with Gasteiger partial charge in [-0.25, -0.2) is 9.97 Å². The fourth-order valence-electron chi connectivity index (χ4n) is 1.82. The molecule has 0 unspecified atom stereocenters. The first kappa shape index (κ1) is 17.3. The number of nitrogens with zero attached hydrogens (tertiary/aromatic N) is 3. The molecule has 23 heavy (non-hydrogen) atoms. The van der Waals surface area contributed by atoms with Gasteiger partial charge in [0.25, 0.3) is 0 Å². The Morgan fingerprint density at radius 3 is 2.74 bits per heavy atom. The SMILES string of the molecule is CCNC(=NCC1CC1)NCCNc1nccc(C(F)(F)F)n1. The van der Waals surface area contributed by atoms with Crippen molar-refractivity contribution in [3.8, 4) is 0 Å². The molecule has 1 saturated carbocycles. The van der Waals surface area contributed by atoms with E-state index in [0.717, 1.165) is 25.4 Å². The molecule has 6 nitrogen and oxygen atoms in total. The quantitative estimate of drug-likeness (QED) is 0.404. The van der Waals surface area contributed by atoms with E-state index in [9.17, 15) is 13.2 Å². The Balaban J connectivity index is 1.76. The molecule has 9 heteroatoms. The van der Waals surface area contributed by atoms with Crippen molar-refractivity contribution < 1.29 is 13.2 Å². The Kier molecular flexibility index (Phi) is 6.00. The van der Waals surface area contributed by atoms with Crippen LogP contribution in [0.1, 0.15) is 25.5 Å². The lowest BCUT2D eigenvalue weighted by molar-refractivity contribution is -0.141. The number of rotatable bonds is 7. The molecule has 0 atom stereocenters. The first-order valence-corrected chi connectivity index (χ1v) is 7.65. The van der Waals surface area contributed by atoms with Crippen LogP contribution in [0.4, 0.5) is 19.1 Å². The molecule has 1 fully saturated rings. The van der Waals surface area contributed by atoms with Crippen molar-refractivity contribution in [1.82, 2.24) is 20.6 Å². The van der Waals surface area contributed by atoms with E-state index in [1.54, 1.807) is 0 Å². The van der Waals surface area contributed by atoms with Crippen molar-refractivity contribution in [3.63, 3.8) is 0 Å². The van der Waals surface area contributed by atoms with Crippen LogP contribution in [-0.4, -0.2) is 42.1 Å². The van der Waals surface area contributed by atoms with Gasteiger partial charge in [-0.15, -0.1) is 0 Å². The predicted molar refractivity (Wildman–Crippen MR) is 82.2 cm³/mol. The molecule has 0 aliphatic heterocycles. The molecule has 0 aromatic carbocycles. The Labute approximate surface area is 133 Å². The van der Waals surface area contributed by atoms with Crippen LogP contribution in [0, 0.1) is 5.92 Å². The number of hydrogen-bond donors (Lipinski definition) is 3. The summed E-state index contributed by atoms with van der Waals surface area (Å²) in [6.45, 7) is 4.41. The van der Waals surface area contributed by atoms with Crippen molar-refractivity contribution >= 4 is 11.9 Å². The van der Waals surface area contributed by atoms with E-state index in [4.69, 9.17) is 0 Å². The highest BCUT2D eigenvalue weighted by Crippen LogP contribution is 2.28. The second-order valence-corrected chi connectivity index (χ2v) is 5.28. The number of hydrogen-bond acceptors (Lipinski definition) is 4. The van der Waals surface area contributed by atoms with Gasteiger partial charge in [0.2, 0.25) is 5.95 Å². The summed E-state index contributed by atoms with van der Waals surface area (Å²) in [4.78, 5) is 11.7. The molecular weight excluding hydrogens is 309 g/mol. The topological polar surface area (TPSA) is 74.2 Å². The Morgan fingerprint density at radius 2 is 2.09 bits per heavy atom. The van der Waals surface area contributed by atoms with Crippen LogP contribution < -0.4 is 16.0 Å². The summed E-state index contributed by atoms with van der Waals surface area (Å²) < 4.78 is 37.6. The van der Waals surface area contributed by atoms with Crippen molar-refractivity contribution in [2.24, 2.45) is 10.9 Å². The number of halogens is 3. The summed E-state index contributed by atoms with van der Waals surface area (Å²) >= 11 is 0. The molecule has 0 saturated heterocycles. The lowest BCUT2D eigenvalue weighted by Gasteiger charge is -2.12. The minimum Gasteiger partial charge on any atom is -0.357 e. The summed E-state index contributed by atoms with van der Waals surface area (Å²) in [5, 5.41) is 9.01. The standard InChI is InChI=1S/C14H21F3N6/c1-2-18-12(22-9-10-3-4-10)20-7-8-21-13-19-6-5-11(23-13)14(15,16)17/h5-6,10H,2-4,7-9H2,1H3,(H2,18,20,22)(H,19,21,23). The molecule has 0 spiro atoms. The van der Waals surface area contributed by atoms with Gasteiger partial charge in [0.05, 0.1) is 0 Å². The van der Waals surface area contributed by atoms with E-state index in [2.05, 4.69) is 30.9 Å². The number of anilines is 1.